The van der Waals surface area contributed by atoms with Crippen LogP contribution >= 0.6 is 0 Å². The van der Waals surface area contributed by atoms with Crippen molar-refractivity contribution in [2.45, 2.75) is 0 Å². The predicted octanol–water partition coefficient (Wildman–Crippen LogP) is 3.70. The van der Waals surface area contributed by atoms with E-state index < -0.39 is 5.97 Å². The topological polar surface area (TPSA) is 95.5 Å². The Hall–Kier alpha value is -4.33. The SMILES string of the molecule is COc1cc(C(=O)Oc2ccc(C=NNC(=O)c3ccccc3)cc2)cc(OC)c1OC. The minimum atomic E-state index is -0.583. The molecule has 32 heavy (non-hydrogen) atoms. The Morgan fingerprint density at radius 2 is 1.44 bits per heavy atom. The number of methoxy groups -OCH3 is 3. The van der Waals surface area contributed by atoms with Crippen LogP contribution in [0.25, 0.3) is 0 Å². The Kier molecular flexibility index (Phi) is 7.42. The number of esters is 1. The minimum absolute atomic E-state index is 0.244. The van der Waals surface area contributed by atoms with Crippen LogP contribution in [-0.2, 0) is 0 Å². The Morgan fingerprint density at radius 1 is 0.812 bits per heavy atom. The molecule has 0 spiro atoms. The highest BCUT2D eigenvalue weighted by Crippen LogP contribution is 2.38. The lowest BCUT2D eigenvalue weighted by Gasteiger charge is -2.13. The molecule has 1 N–H and O–H groups in total. The molecular weight excluding hydrogens is 412 g/mol. The zero-order valence-electron chi connectivity index (χ0n) is 17.8. The molecule has 0 unspecified atom stereocenters. The van der Waals surface area contributed by atoms with Gasteiger partial charge in [-0.05, 0) is 54.1 Å². The Bertz CT molecular complexity index is 1090. The van der Waals surface area contributed by atoms with E-state index in [1.165, 1.54) is 39.7 Å². The second-order valence-corrected chi connectivity index (χ2v) is 6.44. The maximum Gasteiger partial charge on any atom is 0.343 e. The molecule has 0 fully saturated rings. The number of carbonyl (C=O) groups is 2. The van der Waals surface area contributed by atoms with Crippen LogP contribution in [0.5, 0.6) is 23.0 Å². The lowest BCUT2D eigenvalue weighted by atomic mass is 10.2. The first-order valence-corrected chi connectivity index (χ1v) is 9.56. The van der Waals surface area contributed by atoms with Gasteiger partial charge in [-0.15, -0.1) is 0 Å². The number of hydrogen-bond donors (Lipinski definition) is 1. The van der Waals surface area contributed by atoms with E-state index >= 15 is 0 Å². The zero-order valence-corrected chi connectivity index (χ0v) is 17.8. The van der Waals surface area contributed by atoms with Gasteiger partial charge in [0.2, 0.25) is 5.75 Å². The molecule has 0 saturated carbocycles. The molecule has 3 rings (SSSR count). The van der Waals surface area contributed by atoms with Crippen LogP contribution < -0.4 is 24.4 Å². The first-order chi connectivity index (χ1) is 15.5. The Labute approximate surface area is 185 Å². The van der Waals surface area contributed by atoms with Crippen molar-refractivity contribution in [2.24, 2.45) is 5.10 Å². The molecule has 3 aromatic carbocycles. The van der Waals surface area contributed by atoms with Crippen molar-refractivity contribution in [3.63, 3.8) is 0 Å². The van der Waals surface area contributed by atoms with Crippen molar-refractivity contribution in [1.82, 2.24) is 5.43 Å². The monoisotopic (exact) mass is 434 g/mol. The van der Waals surface area contributed by atoms with E-state index in [1.54, 1.807) is 48.5 Å². The van der Waals surface area contributed by atoms with Gasteiger partial charge in [-0.1, -0.05) is 18.2 Å². The number of hydrazone groups is 1. The summed E-state index contributed by atoms with van der Waals surface area (Å²) in [6.45, 7) is 0. The van der Waals surface area contributed by atoms with E-state index in [0.717, 1.165) is 0 Å². The quantitative estimate of drug-likeness (QED) is 0.251. The summed E-state index contributed by atoms with van der Waals surface area (Å²) in [4.78, 5) is 24.5. The van der Waals surface area contributed by atoms with Gasteiger partial charge in [0.15, 0.2) is 11.5 Å². The van der Waals surface area contributed by atoms with Crippen LogP contribution in [0.15, 0.2) is 71.8 Å². The summed E-state index contributed by atoms with van der Waals surface area (Å²) in [7, 11) is 4.42. The number of rotatable bonds is 8. The third kappa shape index (κ3) is 5.42. The lowest BCUT2D eigenvalue weighted by Crippen LogP contribution is -2.17. The fourth-order valence-electron chi connectivity index (χ4n) is 2.81. The summed E-state index contributed by atoms with van der Waals surface area (Å²) in [6.07, 6.45) is 1.49. The highest BCUT2D eigenvalue weighted by Gasteiger charge is 2.18. The van der Waals surface area contributed by atoms with Crippen LogP contribution in [0.4, 0.5) is 0 Å². The molecule has 0 aliphatic rings. The zero-order chi connectivity index (χ0) is 22.9. The summed E-state index contributed by atoms with van der Waals surface area (Å²) in [5, 5.41) is 3.94. The number of nitrogens with zero attached hydrogens (tertiary/aromatic N) is 1. The molecule has 0 heterocycles. The van der Waals surface area contributed by atoms with Crippen LogP contribution in [0.2, 0.25) is 0 Å². The maximum atomic E-state index is 12.6. The molecule has 0 aliphatic heterocycles. The first kappa shape index (κ1) is 22.4. The number of amides is 1. The Morgan fingerprint density at radius 3 is 2.00 bits per heavy atom. The molecule has 0 atom stereocenters. The average molecular weight is 434 g/mol. The fraction of sp³-hybridized carbons (Fsp3) is 0.125. The van der Waals surface area contributed by atoms with Crippen molar-refractivity contribution < 1.29 is 28.5 Å². The Balaban J connectivity index is 1.64. The minimum Gasteiger partial charge on any atom is -0.493 e. The van der Waals surface area contributed by atoms with Gasteiger partial charge in [0, 0.05) is 5.56 Å². The van der Waals surface area contributed by atoms with Gasteiger partial charge in [-0.25, -0.2) is 10.2 Å². The molecule has 0 bridgehead atoms. The summed E-state index contributed by atoms with van der Waals surface area (Å²) in [5.41, 5.74) is 3.93. The number of benzene rings is 3. The molecule has 8 nitrogen and oxygen atoms in total. The van der Waals surface area contributed by atoms with E-state index in [2.05, 4.69) is 10.5 Å². The van der Waals surface area contributed by atoms with E-state index in [9.17, 15) is 9.59 Å². The van der Waals surface area contributed by atoms with Crippen molar-refractivity contribution in [2.75, 3.05) is 21.3 Å². The summed E-state index contributed by atoms with van der Waals surface area (Å²) in [6, 6.07) is 18.5. The van der Waals surface area contributed by atoms with Crippen molar-refractivity contribution in [3.8, 4) is 23.0 Å². The molecular formula is C24H22N2O6. The molecule has 1 amide bonds. The number of carbonyl (C=O) groups excluding carboxylic acids is 2. The van der Waals surface area contributed by atoms with E-state index in [4.69, 9.17) is 18.9 Å². The van der Waals surface area contributed by atoms with Gasteiger partial charge < -0.3 is 18.9 Å². The largest absolute Gasteiger partial charge is 0.493 e. The first-order valence-electron chi connectivity index (χ1n) is 9.56. The van der Waals surface area contributed by atoms with E-state index in [1.807, 2.05) is 6.07 Å². The predicted molar refractivity (Wildman–Crippen MR) is 119 cm³/mol. The van der Waals surface area contributed by atoms with Crippen molar-refractivity contribution in [1.29, 1.82) is 0 Å². The van der Waals surface area contributed by atoms with Gasteiger partial charge in [0.1, 0.15) is 5.75 Å². The second kappa shape index (κ2) is 10.6. The molecule has 0 radical (unpaired) electrons. The smallest absolute Gasteiger partial charge is 0.343 e. The van der Waals surface area contributed by atoms with Gasteiger partial charge in [-0.2, -0.15) is 5.10 Å². The van der Waals surface area contributed by atoms with E-state index in [-0.39, 0.29) is 11.5 Å². The second-order valence-electron chi connectivity index (χ2n) is 6.44. The van der Waals surface area contributed by atoms with Crippen molar-refractivity contribution in [3.05, 3.63) is 83.4 Å². The highest BCUT2D eigenvalue weighted by molar-refractivity contribution is 5.95. The van der Waals surface area contributed by atoms with Gasteiger partial charge in [0.25, 0.3) is 5.91 Å². The molecule has 3 aromatic rings. The molecule has 164 valence electrons. The fourth-order valence-corrected chi connectivity index (χ4v) is 2.81. The summed E-state index contributed by atoms with van der Waals surface area (Å²) >= 11 is 0. The summed E-state index contributed by atoms with van der Waals surface area (Å²) in [5.74, 6) is 0.535. The number of ether oxygens (including phenoxy) is 4. The third-order valence-electron chi connectivity index (χ3n) is 4.41. The standard InChI is InChI=1S/C24H22N2O6/c1-29-20-13-18(14-21(30-2)22(20)31-3)24(28)32-19-11-9-16(10-12-19)15-25-26-23(27)17-7-5-4-6-8-17/h4-15H,1-3H3,(H,26,27). The van der Waals surface area contributed by atoms with Crippen LogP contribution in [0.1, 0.15) is 26.3 Å². The molecule has 0 aromatic heterocycles. The van der Waals surface area contributed by atoms with Crippen molar-refractivity contribution >= 4 is 18.1 Å². The lowest BCUT2D eigenvalue weighted by molar-refractivity contribution is 0.0733. The van der Waals surface area contributed by atoms with Gasteiger partial charge >= 0.3 is 5.97 Å². The molecule has 0 aliphatic carbocycles. The van der Waals surface area contributed by atoms with Crippen LogP contribution in [0, 0.1) is 0 Å². The average Bonchev–Trinajstić information content (AvgIpc) is 2.84. The number of hydrogen-bond acceptors (Lipinski definition) is 7. The van der Waals surface area contributed by atoms with Gasteiger partial charge in [-0.3, -0.25) is 4.79 Å². The summed E-state index contributed by atoms with van der Waals surface area (Å²) < 4.78 is 21.2. The highest BCUT2D eigenvalue weighted by atomic mass is 16.5. The van der Waals surface area contributed by atoms with E-state index in [0.29, 0.717) is 34.1 Å². The normalized spacial score (nSPS) is 10.5. The van der Waals surface area contributed by atoms with Gasteiger partial charge in [0.05, 0.1) is 33.1 Å². The number of nitrogens with one attached hydrogen (secondary N) is 1. The maximum absolute atomic E-state index is 12.6. The van der Waals surface area contributed by atoms with Crippen LogP contribution in [-0.4, -0.2) is 39.4 Å². The molecule has 8 heteroatoms. The third-order valence-corrected chi connectivity index (χ3v) is 4.41. The molecule has 0 saturated heterocycles. The van der Waals surface area contributed by atoms with Crippen LogP contribution in [0.3, 0.4) is 0 Å².